The van der Waals surface area contributed by atoms with Crippen molar-refractivity contribution in [2.45, 2.75) is 6.42 Å². The van der Waals surface area contributed by atoms with Crippen LogP contribution in [0.3, 0.4) is 0 Å². The van der Waals surface area contributed by atoms with Crippen LogP contribution in [0.2, 0.25) is 0 Å². The molecule has 0 spiro atoms. The van der Waals surface area contributed by atoms with E-state index in [1.807, 2.05) is 42.5 Å². The highest BCUT2D eigenvalue weighted by molar-refractivity contribution is 8.26. The van der Waals surface area contributed by atoms with Crippen molar-refractivity contribution >= 4 is 51.3 Å². The molecule has 26 heavy (non-hydrogen) atoms. The molecular formula is C20H15N3OS2. The standard InChI is InChI=1S/C20H15N3OS2/c24-19-18(13-15-6-7-16-17(12-15)22-10-9-21-16)26-20(25)23(19)11-8-14-4-2-1-3-5-14/h1-7,9-10,12-13H,8,11H2. The van der Waals surface area contributed by atoms with Crippen molar-refractivity contribution in [1.29, 1.82) is 0 Å². The van der Waals surface area contributed by atoms with Crippen molar-refractivity contribution in [3.8, 4) is 0 Å². The molecular weight excluding hydrogens is 362 g/mol. The quantitative estimate of drug-likeness (QED) is 0.507. The first kappa shape index (κ1) is 16.9. The fraction of sp³-hybridized carbons (Fsp3) is 0.100. The van der Waals surface area contributed by atoms with Gasteiger partial charge in [0.2, 0.25) is 0 Å². The third-order valence-electron chi connectivity index (χ3n) is 4.13. The molecule has 0 radical (unpaired) electrons. The summed E-state index contributed by atoms with van der Waals surface area (Å²) in [6.45, 7) is 0.592. The Labute approximate surface area is 161 Å². The Kier molecular flexibility index (Phi) is 4.77. The van der Waals surface area contributed by atoms with E-state index < -0.39 is 0 Å². The summed E-state index contributed by atoms with van der Waals surface area (Å²) in [6, 6.07) is 15.9. The largest absolute Gasteiger partial charge is 0.293 e. The molecule has 3 aromatic rings. The number of thioether (sulfide) groups is 1. The average Bonchev–Trinajstić information content (AvgIpc) is 2.94. The Morgan fingerprint density at radius 3 is 2.62 bits per heavy atom. The van der Waals surface area contributed by atoms with E-state index in [2.05, 4.69) is 22.1 Å². The maximum absolute atomic E-state index is 12.7. The summed E-state index contributed by atoms with van der Waals surface area (Å²) in [7, 11) is 0. The molecule has 4 rings (SSSR count). The third kappa shape index (κ3) is 3.52. The van der Waals surface area contributed by atoms with Crippen LogP contribution in [-0.2, 0) is 11.2 Å². The maximum Gasteiger partial charge on any atom is 0.266 e. The van der Waals surface area contributed by atoms with Gasteiger partial charge in [-0.15, -0.1) is 0 Å². The van der Waals surface area contributed by atoms with Crippen molar-refractivity contribution in [1.82, 2.24) is 14.9 Å². The second kappa shape index (κ2) is 7.35. The van der Waals surface area contributed by atoms with E-state index in [0.717, 1.165) is 23.0 Å². The lowest BCUT2D eigenvalue weighted by atomic mass is 10.1. The fourth-order valence-corrected chi connectivity index (χ4v) is 4.11. The molecule has 0 unspecified atom stereocenters. The van der Waals surface area contributed by atoms with Crippen molar-refractivity contribution < 1.29 is 4.79 Å². The number of carbonyl (C=O) groups excluding carboxylic acids is 1. The second-order valence-electron chi connectivity index (χ2n) is 5.87. The number of fused-ring (bicyclic) bond motifs is 1. The molecule has 2 heterocycles. The van der Waals surface area contributed by atoms with Crippen LogP contribution in [-0.4, -0.2) is 31.6 Å². The SMILES string of the molecule is O=C1C(=Cc2ccc3nccnc3c2)SC(=S)N1CCc1ccccc1. The minimum absolute atomic E-state index is 0.0322. The molecule has 1 aliphatic rings. The van der Waals surface area contributed by atoms with Crippen LogP contribution < -0.4 is 0 Å². The third-order valence-corrected chi connectivity index (χ3v) is 5.51. The van der Waals surface area contributed by atoms with Gasteiger partial charge in [-0.1, -0.05) is 60.4 Å². The van der Waals surface area contributed by atoms with Gasteiger partial charge >= 0.3 is 0 Å². The molecule has 6 heteroatoms. The van der Waals surface area contributed by atoms with Crippen LogP contribution in [0, 0.1) is 0 Å². The smallest absolute Gasteiger partial charge is 0.266 e. The summed E-state index contributed by atoms with van der Waals surface area (Å²) < 4.78 is 0.609. The van der Waals surface area contributed by atoms with Crippen LogP contribution in [0.25, 0.3) is 17.1 Å². The van der Waals surface area contributed by atoms with Gasteiger partial charge in [-0.2, -0.15) is 0 Å². The van der Waals surface area contributed by atoms with Gasteiger partial charge in [-0.25, -0.2) is 0 Å². The molecule has 0 aliphatic carbocycles. The Morgan fingerprint density at radius 1 is 1.04 bits per heavy atom. The highest BCUT2D eigenvalue weighted by atomic mass is 32.2. The van der Waals surface area contributed by atoms with E-state index in [9.17, 15) is 4.79 Å². The predicted octanol–water partition coefficient (Wildman–Crippen LogP) is 4.07. The molecule has 4 nitrogen and oxygen atoms in total. The first-order valence-corrected chi connectivity index (χ1v) is 9.43. The van der Waals surface area contributed by atoms with E-state index in [1.54, 1.807) is 17.3 Å². The van der Waals surface area contributed by atoms with Crippen molar-refractivity contribution in [2.24, 2.45) is 0 Å². The van der Waals surface area contributed by atoms with Crippen molar-refractivity contribution in [2.75, 3.05) is 6.54 Å². The summed E-state index contributed by atoms with van der Waals surface area (Å²) in [6.07, 6.45) is 5.98. The number of hydrogen-bond donors (Lipinski definition) is 0. The summed E-state index contributed by atoms with van der Waals surface area (Å²) in [4.78, 5) is 23.6. The van der Waals surface area contributed by atoms with Crippen LogP contribution in [0.15, 0.2) is 65.8 Å². The summed E-state index contributed by atoms with van der Waals surface area (Å²) in [5.74, 6) is -0.0322. The van der Waals surface area contributed by atoms with E-state index in [1.165, 1.54) is 17.3 Å². The zero-order valence-corrected chi connectivity index (χ0v) is 15.5. The zero-order chi connectivity index (χ0) is 17.9. The van der Waals surface area contributed by atoms with Gasteiger partial charge in [0.1, 0.15) is 4.32 Å². The minimum Gasteiger partial charge on any atom is -0.293 e. The first-order valence-electron chi connectivity index (χ1n) is 8.21. The molecule has 1 amide bonds. The van der Waals surface area contributed by atoms with Gasteiger partial charge in [0.25, 0.3) is 5.91 Å². The topological polar surface area (TPSA) is 46.1 Å². The van der Waals surface area contributed by atoms with Gasteiger partial charge < -0.3 is 0 Å². The lowest BCUT2D eigenvalue weighted by molar-refractivity contribution is -0.122. The van der Waals surface area contributed by atoms with Gasteiger partial charge in [-0.3, -0.25) is 19.7 Å². The van der Waals surface area contributed by atoms with Gasteiger partial charge in [0.15, 0.2) is 0 Å². The zero-order valence-electron chi connectivity index (χ0n) is 13.8. The summed E-state index contributed by atoms with van der Waals surface area (Å²) in [5.41, 5.74) is 3.75. The molecule has 0 bridgehead atoms. The molecule has 1 fully saturated rings. The van der Waals surface area contributed by atoms with Crippen LogP contribution >= 0.6 is 24.0 Å². The molecule has 1 saturated heterocycles. The van der Waals surface area contributed by atoms with Crippen LogP contribution in [0.1, 0.15) is 11.1 Å². The normalized spacial score (nSPS) is 16.0. The number of hydrogen-bond acceptors (Lipinski definition) is 5. The van der Waals surface area contributed by atoms with Gasteiger partial charge in [0, 0.05) is 18.9 Å². The van der Waals surface area contributed by atoms with Gasteiger partial charge in [0.05, 0.1) is 15.9 Å². The van der Waals surface area contributed by atoms with E-state index in [4.69, 9.17) is 12.2 Å². The number of benzene rings is 2. The highest BCUT2D eigenvalue weighted by Gasteiger charge is 2.31. The molecule has 1 aromatic heterocycles. The van der Waals surface area contributed by atoms with E-state index in [-0.39, 0.29) is 5.91 Å². The molecule has 0 N–H and O–H groups in total. The van der Waals surface area contributed by atoms with Crippen LogP contribution in [0.5, 0.6) is 0 Å². The lowest BCUT2D eigenvalue weighted by Crippen LogP contribution is -2.30. The number of thiocarbonyl (C=S) groups is 1. The number of nitrogens with zero attached hydrogens (tertiary/aromatic N) is 3. The minimum atomic E-state index is -0.0322. The maximum atomic E-state index is 12.7. The molecule has 2 aromatic carbocycles. The average molecular weight is 377 g/mol. The molecule has 1 aliphatic heterocycles. The molecule has 0 saturated carbocycles. The highest BCUT2D eigenvalue weighted by Crippen LogP contribution is 2.32. The number of rotatable bonds is 4. The predicted molar refractivity (Wildman–Crippen MR) is 110 cm³/mol. The van der Waals surface area contributed by atoms with Crippen molar-refractivity contribution in [3.63, 3.8) is 0 Å². The lowest BCUT2D eigenvalue weighted by Gasteiger charge is -2.14. The number of aromatic nitrogens is 2. The second-order valence-corrected chi connectivity index (χ2v) is 7.55. The van der Waals surface area contributed by atoms with Crippen molar-refractivity contribution in [3.05, 3.63) is 77.0 Å². The Hall–Kier alpha value is -2.57. The molecule has 128 valence electrons. The number of carbonyl (C=O) groups is 1. The monoisotopic (exact) mass is 377 g/mol. The Bertz CT molecular complexity index is 1020. The van der Waals surface area contributed by atoms with Gasteiger partial charge in [-0.05, 0) is 35.8 Å². The Balaban J connectivity index is 1.52. The van der Waals surface area contributed by atoms with E-state index >= 15 is 0 Å². The summed E-state index contributed by atoms with van der Waals surface area (Å²) in [5, 5.41) is 0. The Morgan fingerprint density at radius 2 is 1.81 bits per heavy atom. The summed E-state index contributed by atoms with van der Waals surface area (Å²) >= 11 is 6.76. The number of amides is 1. The first-order chi connectivity index (χ1) is 12.7. The van der Waals surface area contributed by atoms with Crippen LogP contribution in [0.4, 0.5) is 0 Å². The molecule has 0 atom stereocenters. The van der Waals surface area contributed by atoms with E-state index in [0.29, 0.717) is 15.8 Å². The fourth-order valence-electron chi connectivity index (χ4n) is 2.80.